The van der Waals surface area contributed by atoms with E-state index in [-0.39, 0.29) is 17.3 Å². The molecule has 0 aliphatic rings. The molecule has 0 fully saturated rings. The molecule has 0 saturated carbocycles. The molecule has 2 aromatic rings. The fourth-order valence-electron chi connectivity index (χ4n) is 1.94. The highest BCUT2D eigenvalue weighted by Crippen LogP contribution is 2.27. The molecule has 5 nitrogen and oxygen atoms in total. The minimum atomic E-state index is -0.470. The lowest BCUT2D eigenvalue weighted by Crippen LogP contribution is -2.12. The Hall–Kier alpha value is -2.47. The minimum absolute atomic E-state index is 0.0569. The van der Waals surface area contributed by atoms with Crippen molar-refractivity contribution in [2.45, 2.75) is 13.1 Å². The first-order valence-electron chi connectivity index (χ1n) is 6.36. The van der Waals surface area contributed by atoms with Crippen molar-refractivity contribution in [1.29, 1.82) is 0 Å². The van der Waals surface area contributed by atoms with E-state index >= 15 is 0 Å². The van der Waals surface area contributed by atoms with Crippen LogP contribution in [0.15, 0.2) is 42.5 Å². The molecule has 0 aliphatic carbocycles. The molecule has 110 valence electrons. The fraction of sp³-hybridized carbons (Fsp3) is 0.200. The van der Waals surface area contributed by atoms with Gasteiger partial charge in [0.15, 0.2) is 5.75 Å². The first-order valence-corrected chi connectivity index (χ1v) is 6.36. The molecule has 1 N–H and O–H groups in total. The summed E-state index contributed by atoms with van der Waals surface area (Å²) < 4.78 is 17.7. The molecule has 0 saturated heterocycles. The van der Waals surface area contributed by atoms with Gasteiger partial charge < -0.3 is 10.1 Å². The molecule has 0 heterocycles. The maximum absolute atomic E-state index is 12.8. The van der Waals surface area contributed by atoms with Crippen LogP contribution in [-0.4, -0.2) is 12.0 Å². The van der Waals surface area contributed by atoms with Crippen molar-refractivity contribution in [3.05, 3.63) is 69.5 Å². The molecule has 6 heteroatoms. The summed E-state index contributed by atoms with van der Waals surface area (Å²) in [4.78, 5) is 10.5. The van der Waals surface area contributed by atoms with Gasteiger partial charge in [0, 0.05) is 19.2 Å². The van der Waals surface area contributed by atoms with Crippen LogP contribution in [0.5, 0.6) is 5.75 Å². The molecule has 0 aromatic heterocycles. The average molecular weight is 290 g/mol. The average Bonchev–Trinajstić information content (AvgIpc) is 2.49. The van der Waals surface area contributed by atoms with Gasteiger partial charge in [0.2, 0.25) is 0 Å². The molecular formula is C15H15FN2O3. The number of rotatable bonds is 6. The van der Waals surface area contributed by atoms with Crippen molar-refractivity contribution in [2.75, 3.05) is 7.11 Å². The minimum Gasteiger partial charge on any atom is -0.490 e. The zero-order chi connectivity index (χ0) is 15.2. The second kappa shape index (κ2) is 6.81. The van der Waals surface area contributed by atoms with E-state index in [0.717, 1.165) is 11.1 Å². The number of ether oxygens (including phenoxy) is 1. The van der Waals surface area contributed by atoms with Crippen molar-refractivity contribution in [3.63, 3.8) is 0 Å². The number of benzene rings is 2. The van der Waals surface area contributed by atoms with Gasteiger partial charge in [0.25, 0.3) is 0 Å². The van der Waals surface area contributed by atoms with E-state index in [1.165, 1.54) is 25.3 Å². The molecule has 2 rings (SSSR count). The highest BCUT2D eigenvalue weighted by atomic mass is 19.1. The van der Waals surface area contributed by atoms with Gasteiger partial charge in [-0.3, -0.25) is 10.1 Å². The number of nitrogens with zero attached hydrogens (tertiary/aromatic N) is 1. The van der Waals surface area contributed by atoms with Gasteiger partial charge >= 0.3 is 5.69 Å². The van der Waals surface area contributed by atoms with Gasteiger partial charge in [-0.05, 0) is 29.3 Å². The summed E-state index contributed by atoms with van der Waals surface area (Å²) in [5, 5.41) is 14.1. The Kier molecular flexibility index (Phi) is 4.84. The number of hydrogen-bond donors (Lipinski definition) is 1. The monoisotopic (exact) mass is 290 g/mol. The lowest BCUT2D eigenvalue weighted by atomic mass is 10.1. The predicted molar refractivity (Wildman–Crippen MR) is 76.6 cm³/mol. The van der Waals surface area contributed by atoms with Crippen molar-refractivity contribution < 1.29 is 14.1 Å². The first kappa shape index (κ1) is 14.9. The summed E-state index contributed by atoms with van der Waals surface area (Å²) in [7, 11) is 1.40. The summed E-state index contributed by atoms with van der Waals surface area (Å²) in [6.45, 7) is 1.03. The lowest BCUT2D eigenvalue weighted by molar-refractivity contribution is -0.385. The summed E-state index contributed by atoms with van der Waals surface area (Å²) in [6.07, 6.45) is 0. The van der Waals surface area contributed by atoms with Gasteiger partial charge in [0.05, 0.1) is 12.0 Å². The van der Waals surface area contributed by atoms with E-state index in [1.807, 2.05) is 0 Å². The highest BCUT2D eigenvalue weighted by Gasteiger charge is 2.14. The number of nitrogens with one attached hydrogen (secondary N) is 1. The largest absolute Gasteiger partial charge is 0.490 e. The number of hydrogen-bond acceptors (Lipinski definition) is 4. The molecule has 21 heavy (non-hydrogen) atoms. The summed E-state index contributed by atoms with van der Waals surface area (Å²) in [5.74, 6) is -0.0354. The summed E-state index contributed by atoms with van der Waals surface area (Å²) in [6, 6.07) is 11.0. The first-order chi connectivity index (χ1) is 10.1. The van der Waals surface area contributed by atoms with Crippen LogP contribution in [0.2, 0.25) is 0 Å². The summed E-state index contributed by atoms with van der Waals surface area (Å²) >= 11 is 0. The van der Waals surface area contributed by atoms with Crippen LogP contribution in [0.3, 0.4) is 0 Å². The normalized spacial score (nSPS) is 10.4. The van der Waals surface area contributed by atoms with Crippen molar-refractivity contribution in [1.82, 2.24) is 5.32 Å². The topological polar surface area (TPSA) is 64.4 Å². The van der Waals surface area contributed by atoms with Gasteiger partial charge in [0.1, 0.15) is 5.82 Å². The van der Waals surface area contributed by atoms with Gasteiger partial charge in [-0.15, -0.1) is 0 Å². The number of methoxy groups -OCH3 is 1. The maximum Gasteiger partial charge on any atom is 0.311 e. The van der Waals surface area contributed by atoms with E-state index in [1.54, 1.807) is 24.3 Å². The Labute approximate surface area is 121 Å². The number of nitro groups is 1. The van der Waals surface area contributed by atoms with E-state index in [0.29, 0.717) is 13.1 Å². The molecular weight excluding hydrogens is 275 g/mol. The van der Waals surface area contributed by atoms with Gasteiger partial charge in [-0.25, -0.2) is 4.39 Å². The molecule has 2 aromatic carbocycles. The molecule has 0 atom stereocenters. The predicted octanol–water partition coefficient (Wildman–Crippen LogP) is 3.03. The Bertz CT molecular complexity index is 629. The van der Waals surface area contributed by atoms with Crippen LogP contribution in [-0.2, 0) is 13.1 Å². The Balaban J connectivity index is 1.98. The van der Waals surface area contributed by atoms with Gasteiger partial charge in [-0.1, -0.05) is 18.2 Å². The lowest BCUT2D eigenvalue weighted by Gasteiger charge is -2.07. The third-order valence-electron chi connectivity index (χ3n) is 3.01. The Morgan fingerprint density at radius 1 is 1.14 bits per heavy atom. The van der Waals surface area contributed by atoms with Crippen LogP contribution in [0.25, 0.3) is 0 Å². The standard InChI is InChI=1S/C15H15FN2O3/c1-21-15-7-4-12(8-14(15)18(19)20)10-17-9-11-2-5-13(16)6-3-11/h2-8,17H,9-10H2,1H3. The van der Waals surface area contributed by atoms with Crippen molar-refractivity contribution >= 4 is 5.69 Å². The molecule has 0 amide bonds. The van der Waals surface area contributed by atoms with Crippen molar-refractivity contribution in [2.24, 2.45) is 0 Å². The molecule has 0 radical (unpaired) electrons. The fourth-order valence-corrected chi connectivity index (χ4v) is 1.94. The number of halogens is 1. The second-order valence-corrected chi connectivity index (χ2v) is 4.49. The zero-order valence-corrected chi connectivity index (χ0v) is 11.5. The smallest absolute Gasteiger partial charge is 0.311 e. The van der Waals surface area contributed by atoms with E-state index in [4.69, 9.17) is 4.74 Å². The third kappa shape index (κ3) is 4.00. The van der Waals surface area contributed by atoms with Crippen LogP contribution >= 0.6 is 0 Å². The van der Waals surface area contributed by atoms with E-state index < -0.39 is 4.92 Å². The maximum atomic E-state index is 12.8. The highest BCUT2D eigenvalue weighted by molar-refractivity contribution is 5.48. The van der Waals surface area contributed by atoms with E-state index in [9.17, 15) is 14.5 Å². The third-order valence-corrected chi connectivity index (χ3v) is 3.01. The quantitative estimate of drug-likeness (QED) is 0.656. The van der Waals surface area contributed by atoms with Crippen molar-refractivity contribution in [3.8, 4) is 5.75 Å². The number of nitro benzene ring substituents is 1. The molecule has 0 unspecified atom stereocenters. The van der Waals surface area contributed by atoms with Crippen LogP contribution < -0.4 is 10.1 Å². The van der Waals surface area contributed by atoms with Crippen LogP contribution in [0, 0.1) is 15.9 Å². The SMILES string of the molecule is COc1ccc(CNCc2ccc(F)cc2)cc1[N+](=O)[O-]. The van der Waals surface area contributed by atoms with Gasteiger partial charge in [-0.2, -0.15) is 0 Å². The summed E-state index contributed by atoms with van der Waals surface area (Å²) in [5.41, 5.74) is 1.67. The molecule has 0 spiro atoms. The van der Waals surface area contributed by atoms with E-state index in [2.05, 4.69) is 5.32 Å². The van der Waals surface area contributed by atoms with Crippen LogP contribution in [0.1, 0.15) is 11.1 Å². The second-order valence-electron chi connectivity index (χ2n) is 4.49. The Morgan fingerprint density at radius 3 is 2.38 bits per heavy atom. The Morgan fingerprint density at radius 2 is 1.76 bits per heavy atom. The molecule has 0 aliphatic heterocycles. The van der Waals surface area contributed by atoms with Crippen LogP contribution in [0.4, 0.5) is 10.1 Å². The molecule has 0 bridgehead atoms. The zero-order valence-electron chi connectivity index (χ0n) is 11.5.